The van der Waals surface area contributed by atoms with Gasteiger partial charge >= 0.3 is 6.03 Å². The second-order valence-corrected chi connectivity index (χ2v) is 10.0. The van der Waals surface area contributed by atoms with Gasteiger partial charge in [-0.05, 0) is 85.5 Å². The summed E-state index contributed by atoms with van der Waals surface area (Å²) in [6.07, 6.45) is 1.29. The largest absolute Gasteiger partial charge is 0.493 e. The van der Waals surface area contributed by atoms with E-state index in [0.717, 1.165) is 11.6 Å². The number of rotatable bonds is 6. The highest BCUT2D eigenvalue weighted by atomic mass is 79.9. The zero-order valence-corrected chi connectivity index (χ0v) is 23.5. The number of hydrogen-bond donors (Lipinski definition) is 1. The van der Waals surface area contributed by atoms with Crippen LogP contribution in [0.3, 0.4) is 0 Å². The molecular formula is C25H15Br2Cl2FN2O5. The van der Waals surface area contributed by atoms with Crippen molar-refractivity contribution < 1.29 is 28.2 Å². The summed E-state index contributed by atoms with van der Waals surface area (Å²) >= 11 is 19.0. The number of amides is 4. The Balaban J connectivity index is 1.69. The van der Waals surface area contributed by atoms with Crippen LogP contribution < -0.4 is 19.7 Å². The zero-order chi connectivity index (χ0) is 26.9. The van der Waals surface area contributed by atoms with E-state index < -0.39 is 23.7 Å². The Morgan fingerprint density at radius 2 is 1.78 bits per heavy atom. The number of nitrogens with one attached hydrogen (secondary N) is 1. The SMILES string of the molecule is COc1cc(/C=C2\C(=O)NC(=O)N(c3cccc(F)c3)C2=O)c(Br)c(Br)c1OCc1ccc(Cl)c(Cl)c1. The Hall–Kier alpha value is -2.92. The molecule has 0 aliphatic carbocycles. The number of carbonyl (C=O) groups excluding carboxylic acids is 3. The van der Waals surface area contributed by atoms with Crippen LogP contribution in [0.25, 0.3) is 6.08 Å². The van der Waals surface area contributed by atoms with Crippen molar-refractivity contribution in [1.82, 2.24) is 5.32 Å². The Bertz CT molecular complexity index is 1480. The quantitative estimate of drug-likeness (QED) is 0.227. The Kier molecular flexibility index (Phi) is 8.23. The predicted molar refractivity (Wildman–Crippen MR) is 145 cm³/mol. The van der Waals surface area contributed by atoms with Crippen LogP contribution in [0.5, 0.6) is 11.5 Å². The van der Waals surface area contributed by atoms with E-state index in [4.69, 9.17) is 32.7 Å². The molecule has 0 bridgehead atoms. The molecule has 4 rings (SSSR count). The van der Waals surface area contributed by atoms with Crippen molar-refractivity contribution in [2.45, 2.75) is 6.61 Å². The molecule has 7 nitrogen and oxygen atoms in total. The lowest BCUT2D eigenvalue weighted by atomic mass is 10.1. The number of nitrogens with zero attached hydrogens (tertiary/aromatic N) is 1. The normalized spacial score (nSPS) is 14.7. The molecule has 0 radical (unpaired) electrons. The van der Waals surface area contributed by atoms with E-state index in [2.05, 4.69) is 37.2 Å². The molecule has 1 N–H and O–H groups in total. The van der Waals surface area contributed by atoms with Crippen molar-refractivity contribution in [2.24, 2.45) is 0 Å². The van der Waals surface area contributed by atoms with Crippen LogP contribution in [0.2, 0.25) is 10.0 Å². The topological polar surface area (TPSA) is 84.9 Å². The third-order valence-electron chi connectivity index (χ3n) is 5.21. The van der Waals surface area contributed by atoms with Gasteiger partial charge in [0.05, 0.1) is 27.3 Å². The van der Waals surface area contributed by atoms with Gasteiger partial charge in [-0.15, -0.1) is 0 Å². The molecule has 0 atom stereocenters. The van der Waals surface area contributed by atoms with Gasteiger partial charge in [0.2, 0.25) is 0 Å². The molecule has 1 heterocycles. The highest BCUT2D eigenvalue weighted by Crippen LogP contribution is 2.44. The van der Waals surface area contributed by atoms with Crippen molar-refractivity contribution in [1.29, 1.82) is 0 Å². The van der Waals surface area contributed by atoms with E-state index in [9.17, 15) is 18.8 Å². The summed E-state index contributed by atoms with van der Waals surface area (Å²) < 4.78 is 26.0. The third kappa shape index (κ3) is 5.67. The maximum atomic E-state index is 13.7. The summed E-state index contributed by atoms with van der Waals surface area (Å²) in [5.41, 5.74) is 0.766. The van der Waals surface area contributed by atoms with Crippen LogP contribution in [0, 0.1) is 5.82 Å². The summed E-state index contributed by atoms with van der Waals surface area (Å²) in [7, 11) is 1.43. The Morgan fingerprint density at radius 1 is 1.03 bits per heavy atom. The molecule has 0 saturated carbocycles. The summed E-state index contributed by atoms with van der Waals surface area (Å²) in [5, 5.41) is 2.91. The van der Waals surface area contributed by atoms with Gasteiger partial charge in [0, 0.05) is 4.47 Å². The van der Waals surface area contributed by atoms with Crippen molar-refractivity contribution >= 4 is 84.7 Å². The first kappa shape index (κ1) is 27.1. The number of imide groups is 2. The molecular weight excluding hydrogens is 658 g/mol. The first-order valence-electron chi connectivity index (χ1n) is 10.4. The number of barbiturate groups is 1. The lowest BCUT2D eigenvalue weighted by Crippen LogP contribution is -2.54. The maximum Gasteiger partial charge on any atom is 0.335 e. The zero-order valence-electron chi connectivity index (χ0n) is 18.8. The molecule has 37 heavy (non-hydrogen) atoms. The second-order valence-electron chi connectivity index (χ2n) is 7.60. The molecule has 1 aliphatic rings. The number of hydrogen-bond acceptors (Lipinski definition) is 5. The molecule has 0 unspecified atom stereocenters. The Labute approximate surface area is 237 Å². The fraction of sp³-hybridized carbons (Fsp3) is 0.0800. The van der Waals surface area contributed by atoms with Gasteiger partial charge in [0.15, 0.2) is 11.5 Å². The fourth-order valence-corrected chi connectivity index (χ4v) is 4.71. The van der Waals surface area contributed by atoms with Crippen LogP contribution >= 0.6 is 55.1 Å². The lowest BCUT2D eigenvalue weighted by molar-refractivity contribution is -0.122. The smallest absolute Gasteiger partial charge is 0.335 e. The molecule has 3 aromatic carbocycles. The molecule has 1 saturated heterocycles. The Morgan fingerprint density at radius 3 is 2.46 bits per heavy atom. The monoisotopic (exact) mass is 670 g/mol. The van der Waals surface area contributed by atoms with E-state index >= 15 is 0 Å². The van der Waals surface area contributed by atoms with Gasteiger partial charge in [-0.3, -0.25) is 14.9 Å². The second kappa shape index (κ2) is 11.2. The van der Waals surface area contributed by atoms with Gasteiger partial charge in [-0.25, -0.2) is 14.1 Å². The predicted octanol–water partition coefficient (Wildman–Crippen LogP) is 6.91. The van der Waals surface area contributed by atoms with Crippen molar-refractivity contribution in [2.75, 3.05) is 12.0 Å². The molecule has 1 fully saturated rings. The lowest BCUT2D eigenvalue weighted by Gasteiger charge is -2.26. The van der Waals surface area contributed by atoms with Crippen LogP contribution in [0.15, 0.2) is 63.0 Å². The molecule has 0 spiro atoms. The van der Waals surface area contributed by atoms with Crippen LogP contribution in [0.1, 0.15) is 11.1 Å². The van der Waals surface area contributed by atoms with Gasteiger partial charge in [0.1, 0.15) is 18.0 Å². The minimum atomic E-state index is -0.985. The summed E-state index contributed by atoms with van der Waals surface area (Å²) in [6, 6.07) is 10.6. The summed E-state index contributed by atoms with van der Waals surface area (Å²) in [4.78, 5) is 38.8. The van der Waals surface area contributed by atoms with E-state index in [-0.39, 0.29) is 17.9 Å². The van der Waals surface area contributed by atoms with Gasteiger partial charge in [-0.1, -0.05) is 35.3 Å². The van der Waals surface area contributed by atoms with E-state index in [1.54, 1.807) is 24.3 Å². The minimum absolute atomic E-state index is 0.0234. The van der Waals surface area contributed by atoms with Crippen LogP contribution in [-0.2, 0) is 16.2 Å². The molecule has 190 valence electrons. The van der Waals surface area contributed by atoms with Gasteiger partial charge in [0.25, 0.3) is 11.8 Å². The number of methoxy groups -OCH3 is 1. The molecule has 1 aliphatic heterocycles. The maximum absolute atomic E-state index is 13.7. The number of carbonyl (C=O) groups is 3. The molecule has 0 aromatic heterocycles. The van der Waals surface area contributed by atoms with Gasteiger partial charge in [-0.2, -0.15) is 0 Å². The van der Waals surface area contributed by atoms with Crippen molar-refractivity contribution in [3.05, 3.63) is 90.0 Å². The first-order chi connectivity index (χ1) is 17.6. The van der Waals surface area contributed by atoms with Gasteiger partial charge < -0.3 is 9.47 Å². The molecule has 12 heteroatoms. The third-order valence-corrected chi connectivity index (χ3v) is 8.09. The standard InChI is InChI=1S/C25H15Br2Cl2FN2O5/c1-36-19-9-13(20(26)21(27)22(19)37-11-12-5-6-17(28)18(29)7-12)8-16-23(33)31-25(35)32(24(16)34)15-4-2-3-14(30)10-15/h2-10H,11H2,1H3,(H,31,33,35)/b16-8+. The highest BCUT2D eigenvalue weighted by molar-refractivity contribution is 9.13. The average Bonchev–Trinajstić information content (AvgIpc) is 2.85. The summed E-state index contributed by atoms with van der Waals surface area (Å²) in [5.74, 6) is -1.82. The van der Waals surface area contributed by atoms with Crippen molar-refractivity contribution in [3.8, 4) is 11.5 Å². The van der Waals surface area contributed by atoms with E-state index in [1.165, 1.54) is 31.4 Å². The van der Waals surface area contributed by atoms with Crippen LogP contribution in [-0.4, -0.2) is 25.0 Å². The minimum Gasteiger partial charge on any atom is -0.493 e. The number of ether oxygens (including phenoxy) is 2. The van der Waals surface area contributed by atoms with Crippen LogP contribution in [0.4, 0.5) is 14.9 Å². The number of benzene rings is 3. The molecule has 4 amide bonds. The highest BCUT2D eigenvalue weighted by Gasteiger charge is 2.37. The number of anilines is 1. The van der Waals surface area contributed by atoms with E-state index in [0.29, 0.717) is 41.0 Å². The number of urea groups is 1. The molecule has 3 aromatic rings. The van der Waals surface area contributed by atoms with E-state index in [1.807, 2.05) is 0 Å². The summed E-state index contributed by atoms with van der Waals surface area (Å²) in [6.45, 7) is 0.143. The van der Waals surface area contributed by atoms with Crippen molar-refractivity contribution in [3.63, 3.8) is 0 Å². The fourth-order valence-electron chi connectivity index (χ4n) is 3.44. The number of halogens is 5. The average molecular weight is 673 g/mol. The first-order valence-corrected chi connectivity index (χ1v) is 12.7.